The van der Waals surface area contributed by atoms with Crippen LogP contribution in [0.4, 0.5) is 10.2 Å². The van der Waals surface area contributed by atoms with Crippen LogP contribution in [0, 0.1) is 5.95 Å². The molecule has 7 nitrogen and oxygen atoms in total. The lowest BCUT2D eigenvalue weighted by molar-refractivity contribution is -0.129. The number of amides is 1. The number of halogens is 1. The van der Waals surface area contributed by atoms with Gasteiger partial charge in [0.1, 0.15) is 10.6 Å². The van der Waals surface area contributed by atoms with Crippen LogP contribution in [0.15, 0.2) is 18.3 Å². The van der Waals surface area contributed by atoms with Gasteiger partial charge in [-0.1, -0.05) is 0 Å². The minimum Gasteiger partial charge on any atom is -0.368 e. The number of carbonyl (C=O) groups excluding carboxylic acids is 1. The van der Waals surface area contributed by atoms with Crippen molar-refractivity contribution in [3.63, 3.8) is 0 Å². The Balaban J connectivity index is 1.85. The van der Waals surface area contributed by atoms with Gasteiger partial charge < -0.3 is 16.0 Å². The molecule has 1 aliphatic heterocycles. The van der Waals surface area contributed by atoms with E-state index in [9.17, 15) is 9.18 Å². The first-order valence-electron chi connectivity index (χ1n) is 8.70. The number of aromatic nitrogens is 3. The highest BCUT2D eigenvalue weighted by atomic mass is 32.1. The summed E-state index contributed by atoms with van der Waals surface area (Å²) in [5.74, 6) is 0.630. The lowest BCUT2D eigenvalue weighted by Gasteiger charge is -2.25. The molecule has 140 valence electrons. The molecule has 0 atom stereocenters. The maximum absolute atomic E-state index is 13.5. The minimum absolute atomic E-state index is 0.0682. The van der Waals surface area contributed by atoms with Gasteiger partial charge in [0, 0.05) is 49.3 Å². The standard InChI is InChI=1S/C18H19FN6OS/c1-10(26)25-7-3-12-13(9-25)27-18-15(12)17(22-6-4-20)23-16(24-18)11-2-5-21-14(19)8-11/h2,5,8H,3-4,6-7,9,20H2,1H3,(H,22,23,24). The number of anilines is 1. The van der Waals surface area contributed by atoms with Crippen molar-refractivity contribution in [2.45, 2.75) is 19.9 Å². The Morgan fingerprint density at radius 2 is 2.30 bits per heavy atom. The summed E-state index contributed by atoms with van der Waals surface area (Å²) in [6.07, 6.45) is 2.16. The number of hydrogen-bond acceptors (Lipinski definition) is 7. The molecule has 1 aliphatic rings. The second-order valence-corrected chi connectivity index (χ2v) is 7.44. The number of rotatable bonds is 4. The zero-order valence-corrected chi connectivity index (χ0v) is 15.6. The summed E-state index contributed by atoms with van der Waals surface area (Å²) in [6.45, 7) is 3.89. The first-order valence-corrected chi connectivity index (χ1v) is 9.52. The molecule has 0 bridgehead atoms. The van der Waals surface area contributed by atoms with E-state index in [0.717, 1.165) is 21.5 Å². The van der Waals surface area contributed by atoms with Crippen LogP contribution in [0.2, 0.25) is 0 Å². The fourth-order valence-corrected chi connectivity index (χ4v) is 4.49. The number of thiophene rings is 1. The van der Waals surface area contributed by atoms with Gasteiger partial charge in [0.2, 0.25) is 11.9 Å². The average Bonchev–Trinajstić information content (AvgIpc) is 3.03. The Morgan fingerprint density at radius 1 is 1.44 bits per heavy atom. The van der Waals surface area contributed by atoms with Crippen LogP contribution in [0.3, 0.4) is 0 Å². The van der Waals surface area contributed by atoms with E-state index in [2.05, 4.69) is 20.3 Å². The smallest absolute Gasteiger partial charge is 0.219 e. The predicted octanol–water partition coefficient (Wildman–Crippen LogP) is 2.17. The van der Waals surface area contributed by atoms with E-state index in [1.54, 1.807) is 24.3 Å². The zero-order chi connectivity index (χ0) is 19.0. The molecule has 0 fully saturated rings. The Kier molecular flexibility index (Phi) is 4.71. The Labute approximate surface area is 159 Å². The van der Waals surface area contributed by atoms with E-state index in [1.807, 2.05) is 4.90 Å². The van der Waals surface area contributed by atoms with Gasteiger partial charge in [-0.15, -0.1) is 11.3 Å². The molecule has 9 heteroatoms. The Hall–Kier alpha value is -2.65. The first kappa shape index (κ1) is 17.7. The van der Waals surface area contributed by atoms with E-state index in [0.29, 0.717) is 43.4 Å². The average molecular weight is 386 g/mol. The minimum atomic E-state index is -0.574. The van der Waals surface area contributed by atoms with Gasteiger partial charge in [-0.05, 0) is 18.1 Å². The molecule has 1 amide bonds. The molecule has 0 aliphatic carbocycles. The highest BCUT2D eigenvalue weighted by Gasteiger charge is 2.25. The SMILES string of the molecule is CC(=O)N1CCc2c(sc3nc(-c4ccnc(F)c4)nc(NCCN)c23)C1. The third kappa shape index (κ3) is 3.35. The van der Waals surface area contributed by atoms with Crippen LogP contribution in [-0.2, 0) is 17.8 Å². The summed E-state index contributed by atoms with van der Waals surface area (Å²) in [6, 6.07) is 3.00. The summed E-state index contributed by atoms with van der Waals surface area (Å²) in [4.78, 5) is 28.4. The molecule has 0 unspecified atom stereocenters. The molecule has 3 aromatic heterocycles. The van der Waals surface area contributed by atoms with Gasteiger partial charge in [0.05, 0.1) is 11.9 Å². The second kappa shape index (κ2) is 7.16. The first-order chi connectivity index (χ1) is 13.1. The predicted molar refractivity (Wildman–Crippen MR) is 103 cm³/mol. The van der Waals surface area contributed by atoms with Crippen LogP contribution in [-0.4, -0.2) is 45.4 Å². The Morgan fingerprint density at radius 3 is 3.04 bits per heavy atom. The molecule has 0 saturated heterocycles. The van der Waals surface area contributed by atoms with Crippen molar-refractivity contribution in [1.82, 2.24) is 19.9 Å². The molecule has 0 saturated carbocycles. The van der Waals surface area contributed by atoms with Crippen molar-refractivity contribution in [1.29, 1.82) is 0 Å². The summed E-state index contributed by atoms with van der Waals surface area (Å²) < 4.78 is 13.5. The molecule has 0 radical (unpaired) electrons. The molecular weight excluding hydrogens is 367 g/mol. The van der Waals surface area contributed by atoms with Crippen molar-refractivity contribution >= 4 is 33.3 Å². The van der Waals surface area contributed by atoms with E-state index >= 15 is 0 Å². The van der Waals surface area contributed by atoms with Crippen molar-refractivity contribution in [3.8, 4) is 11.4 Å². The van der Waals surface area contributed by atoms with Gasteiger partial charge in [0.25, 0.3) is 0 Å². The number of hydrogen-bond donors (Lipinski definition) is 2. The van der Waals surface area contributed by atoms with Crippen LogP contribution in [0.1, 0.15) is 17.4 Å². The van der Waals surface area contributed by atoms with Gasteiger partial charge in [-0.3, -0.25) is 4.79 Å². The molecule has 3 aromatic rings. The molecule has 3 N–H and O–H groups in total. The lowest BCUT2D eigenvalue weighted by Crippen LogP contribution is -2.33. The number of nitrogens with two attached hydrogens (primary N) is 1. The molecule has 0 spiro atoms. The number of nitrogens with zero attached hydrogens (tertiary/aromatic N) is 4. The number of pyridine rings is 1. The fraction of sp³-hybridized carbons (Fsp3) is 0.333. The highest BCUT2D eigenvalue weighted by molar-refractivity contribution is 7.19. The normalized spacial score (nSPS) is 13.7. The molecular formula is C18H19FN6OS. The van der Waals surface area contributed by atoms with E-state index < -0.39 is 5.95 Å². The van der Waals surface area contributed by atoms with Crippen LogP contribution in [0.5, 0.6) is 0 Å². The summed E-state index contributed by atoms with van der Waals surface area (Å²) >= 11 is 1.56. The van der Waals surface area contributed by atoms with Crippen molar-refractivity contribution in [2.24, 2.45) is 5.73 Å². The monoisotopic (exact) mass is 386 g/mol. The van der Waals surface area contributed by atoms with Crippen molar-refractivity contribution in [3.05, 3.63) is 34.7 Å². The largest absolute Gasteiger partial charge is 0.368 e. The topological polar surface area (TPSA) is 97.0 Å². The number of carbonyl (C=O) groups is 1. The quantitative estimate of drug-likeness (QED) is 0.667. The maximum Gasteiger partial charge on any atom is 0.219 e. The van der Waals surface area contributed by atoms with E-state index in [-0.39, 0.29) is 5.91 Å². The molecule has 4 heterocycles. The van der Waals surface area contributed by atoms with Crippen molar-refractivity contribution < 1.29 is 9.18 Å². The van der Waals surface area contributed by atoms with Crippen LogP contribution >= 0.6 is 11.3 Å². The molecule has 4 rings (SSSR count). The van der Waals surface area contributed by atoms with Crippen LogP contribution in [0.25, 0.3) is 21.6 Å². The van der Waals surface area contributed by atoms with Gasteiger partial charge in [-0.25, -0.2) is 15.0 Å². The lowest BCUT2D eigenvalue weighted by atomic mass is 10.0. The van der Waals surface area contributed by atoms with E-state index in [1.165, 1.54) is 17.8 Å². The summed E-state index contributed by atoms with van der Waals surface area (Å²) in [7, 11) is 0. The third-order valence-electron chi connectivity index (χ3n) is 4.57. The number of nitrogens with one attached hydrogen (secondary N) is 1. The second-order valence-electron chi connectivity index (χ2n) is 6.35. The van der Waals surface area contributed by atoms with Crippen molar-refractivity contribution in [2.75, 3.05) is 25.0 Å². The van der Waals surface area contributed by atoms with Gasteiger partial charge in [0.15, 0.2) is 5.82 Å². The van der Waals surface area contributed by atoms with E-state index in [4.69, 9.17) is 5.73 Å². The summed E-state index contributed by atoms with van der Waals surface area (Å²) in [5.41, 5.74) is 7.40. The highest BCUT2D eigenvalue weighted by Crippen LogP contribution is 2.38. The van der Waals surface area contributed by atoms with Gasteiger partial charge in [-0.2, -0.15) is 4.39 Å². The number of fused-ring (bicyclic) bond motifs is 3. The maximum atomic E-state index is 13.5. The zero-order valence-electron chi connectivity index (χ0n) is 14.8. The Bertz CT molecular complexity index is 1020. The third-order valence-corrected chi connectivity index (χ3v) is 5.68. The molecule has 27 heavy (non-hydrogen) atoms. The fourth-order valence-electron chi connectivity index (χ4n) is 3.25. The van der Waals surface area contributed by atoms with Gasteiger partial charge >= 0.3 is 0 Å². The summed E-state index contributed by atoms with van der Waals surface area (Å²) in [5, 5.41) is 4.25. The molecule has 0 aromatic carbocycles. The van der Waals surface area contributed by atoms with Crippen LogP contribution < -0.4 is 11.1 Å².